The summed E-state index contributed by atoms with van der Waals surface area (Å²) in [5.41, 5.74) is 1.36. The smallest absolute Gasteiger partial charge is 0.508 e. The van der Waals surface area contributed by atoms with Crippen LogP contribution in [0.4, 0.5) is 13.2 Å². The number of halogens is 3. The Morgan fingerprint density at radius 3 is 1.87 bits per heavy atom. The lowest BCUT2D eigenvalue weighted by atomic mass is 10.2. The third-order valence-corrected chi connectivity index (χ3v) is 3.95. The molecule has 152 valence electrons. The molecule has 0 radical (unpaired) electrons. The number of hydrogen-bond donors (Lipinski definition) is 1. The molecule has 4 aromatic rings. The first-order valence-corrected chi connectivity index (χ1v) is 8.63. The Labute approximate surface area is 168 Å². The molecule has 6 nitrogen and oxygen atoms in total. The van der Waals surface area contributed by atoms with Gasteiger partial charge in [0.15, 0.2) is 0 Å². The molecule has 0 saturated carbocycles. The molecule has 0 spiro atoms. The molecule has 0 atom stereocenters. The molecule has 1 N–H and O–H groups in total. The van der Waals surface area contributed by atoms with E-state index in [9.17, 15) is 18.3 Å². The highest BCUT2D eigenvalue weighted by Crippen LogP contribution is 2.29. The number of benzene rings is 3. The van der Waals surface area contributed by atoms with E-state index in [1.807, 2.05) is 0 Å². The topological polar surface area (TPSA) is 77.6 Å². The molecule has 0 saturated heterocycles. The molecule has 1 aromatic heterocycles. The normalized spacial score (nSPS) is 11.3. The van der Waals surface area contributed by atoms with E-state index < -0.39 is 6.36 Å². The first kappa shape index (κ1) is 19.3. The van der Waals surface area contributed by atoms with Gasteiger partial charge in [0, 0.05) is 11.1 Å². The zero-order valence-electron chi connectivity index (χ0n) is 15.1. The van der Waals surface area contributed by atoms with Crippen molar-refractivity contribution in [2.24, 2.45) is 0 Å². The molecule has 0 unspecified atom stereocenters. The predicted molar refractivity (Wildman–Crippen MR) is 100 cm³/mol. The van der Waals surface area contributed by atoms with Crippen LogP contribution >= 0.6 is 0 Å². The maximum absolute atomic E-state index is 12.2. The second-order valence-corrected chi connectivity index (χ2v) is 6.12. The van der Waals surface area contributed by atoms with Crippen LogP contribution in [-0.2, 0) is 0 Å². The van der Waals surface area contributed by atoms with Crippen molar-refractivity contribution >= 4 is 0 Å². The van der Waals surface area contributed by atoms with E-state index in [1.165, 1.54) is 36.4 Å². The Morgan fingerprint density at radius 2 is 1.27 bits per heavy atom. The summed E-state index contributed by atoms with van der Waals surface area (Å²) in [7, 11) is 0. The van der Waals surface area contributed by atoms with E-state index in [0.29, 0.717) is 34.3 Å². The Morgan fingerprint density at radius 1 is 0.733 bits per heavy atom. The van der Waals surface area contributed by atoms with Gasteiger partial charge in [-0.2, -0.15) is 4.98 Å². The molecule has 1 heterocycles. The Balaban J connectivity index is 1.44. The van der Waals surface area contributed by atoms with E-state index >= 15 is 0 Å². The van der Waals surface area contributed by atoms with Crippen LogP contribution in [0.2, 0.25) is 0 Å². The number of phenols is 1. The summed E-state index contributed by atoms with van der Waals surface area (Å²) in [5.74, 6) is 1.32. The predicted octanol–water partition coefficient (Wildman–Crippen LogP) is 5.80. The minimum atomic E-state index is -4.74. The average molecular weight is 414 g/mol. The van der Waals surface area contributed by atoms with Crippen molar-refractivity contribution in [3.63, 3.8) is 0 Å². The van der Waals surface area contributed by atoms with Gasteiger partial charge in [0.2, 0.25) is 5.82 Å². The van der Waals surface area contributed by atoms with Crippen molar-refractivity contribution in [1.29, 1.82) is 0 Å². The Kier molecular flexibility index (Phi) is 5.01. The summed E-state index contributed by atoms with van der Waals surface area (Å²) < 4.78 is 51.3. The van der Waals surface area contributed by atoms with E-state index in [4.69, 9.17) is 9.26 Å². The van der Waals surface area contributed by atoms with Crippen LogP contribution in [-0.4, -0.2) is 21.6 Å². The lowest BCUT2D eigenvalue weighted by Gasteiger charge is -2.10. The van der Waals surface area contributed by atoms with Crippen LogP contribution in [0.15, 0.2) is 77.3 Å². The van der Waals surface area contributed by atoms with Gasteiger partial charge in [-0.05, 0) is 72.8 Å². The fraction of sp³-hybridized carbons (Fsp3) is 0.0476. The molecule has 9 heteroatoms. The maximum Gasteiger partial charge on any atom is 0.573 e. The highest BCUT2D eigenvalue weighted by atomic mass is 19.4. The standard InChI is InChI=1S/C21H13F3N2O4/c22-21(23,24)29-18-11-9-17(10-12-18)28-16-7-3-13(4-8-16)19-25-20(30-26-19)14-1-5-15(27)6-2-14/h1-12,27H. The summed E-state index contributed by atoms with van der Waals surface area (Å²) in [4.78, 5) is 4.33. The van der Waals surface area contributed by atoms with Crippen molar-refractivity contribution in [2.45, 2.75) is 6.36 Å². The number of aromatic hydroxyl groups is 1. The van der Waals surface area contributed by atoms with Gasteiger partial charge in [0.25, 0.3) is 5.89 Å². The fourth-order valence-electron chi connectivity index (χ4n) is 2.58. The summed E-state index contributed by atoms with van der Waals surface area (Å²) in [5, 5.41) is 13.3. The maximum atomic E-state index is 12.2. The van der Waals surface area contributed by atoms with Gasteiger partial charge >= 0.3 is 6.36 Å². The van der Waals surface area contributed by atoms with Gasteiger partial charge < -0.3 is 19.1 Å². The van der Waals surface area contributed by atoms with E-state index in [0.717, 1.165) is 0 Å². The van der Waals surface area contributed by atoms with Crippen LogP contribution in [0.5, 0.6) is 23.0 Å². The zero-order valence-corrected chi connectivity index (χ0v) is 15.1. The lowest BCUT2D eigenvalue weighted by molar-refractivity contribution is -0.274. The van der Waals surface area contributed by atoms with Crippen molar-refractivity contribution in [2.75, 3.05) is 0 Å². The van der Waals surface area contributed by atoms with Gasteiger partial charge in [0.1, 0.15) is 23.0 Å². The number of aromatic nitrogens is 2. The number of alkyl halides is 3. The summed E-state index contributed by atoms with van der Waals surface area (Å²) in [6.07, 6.45) is -4.74. The molecule has 0 aliphatic rings. The second-order valence-electron chi connectivity index (χ2n) is 6.12. The van der Waals surface area contributed by atoms with Crippen LogP contribution in [0, 0.1) is 0 Å². The molecule has 0 fully saturated rings. The quantitative estimate of drug-likeness (QED) is 0.445. The van der Waals surface area contributed by atoms with Gasteiger partial charge in [-0.3, -0.25) is 0 Å². The molecule has 0 bridgehead atoms. The van der Waals surface area contributed by atoms with Gasteiger partial charge in [0.05, 0.1) is 0 Å². The van der Waals surface area contributed by atoms with Crippen molar-refractivity contribution in [3.8, 4) is 45.8 Å². The van der Waals surface area contributed by atoms with Crippen LogP contribution in [0.1, 0.15) is 0 Å². The molecule has 0 aliphatic carbocycles. The summed E-state index contributed by atoms with van der Waals surface area (Å²) in [6.45, 7) is 0. The van der Waals surface area contributed by atoms with Crippen LogP contribution in [0.3, 0.4) is 0 Å². The highest BCUT2D eigenvalue weighted by molar-refractivity contribution is 5.61. The molecule has 3 aromatic carbocycles. The molecule has 30 heavy (non-hydrogen) atoms. The van der Waals surface area contributed by atoms with Crippen LogP contribution < -0.4 is 9.47 Å². The molecular weight excluding hydrogens is 401 g/mol. The second kappa shape index (κ2) is 7.78. The first-order valence-electron chi connectivity index (χ1n) is 8.63. The average Bonchev–Trinajstić information content (AvgIpc) is 3.20. The minimum Gasteiger partial charge on any atom is -0.508 e. The number of hydrogen-bond acceptors (Lipinski definition) is 6. The number of nitrogens with zero attached hydrogens (tertiary/aromatic N) is 2. The molecule has 0 aliphatic heterocycles. The van der Waals surface area contributed by atoms with Gasteiger partial charge in [-0.25, -0.2) is 0 Å². The molecule has 4 rings (SSSR count). The number of rotatable bonds is 5. The highest BCUT2D eigenvalue weighted by Gasteiger charge is 2.31. The zero-order chi connectivity index (χ0) is 21.1. The van der Waals surface area contributed by atoms with Crippen molar-refractivity contribution < 1.29 is 32.3 Å². The van der Waals surface area contributed by atoms with Crippen molar-refractivity contribution in [3.05, 3.63) is 72.8 Å². The molecule has 0 amide bonds. The largest absolute Gasteiger partial charge is 0.573 e. The minimum absolute atomic E-state index is 0.136. The van der Waals surface area contributed by atoms with E-state index in [-0.39, 0.29) is 11.5 Å². The number of phenolic OH excluding ortho intramolecular Hbond substituents is 1. The van der Waals surface area contributed by atoms with E-state index in [2.05, 4.69) is 14.9 Å². The fourth-order valence-corrected chi connectivity index (χ4v) is 2.58. The monoisotopic (exact) mass is 414 g/mol. The van der Waals surface area contributed by atoms with Gasteiger partial charge in [-0.15, -0.1) is 13.2 Å². The third-order valence-electron chi connectivity index (χ3n) is 3.95. The third kappa shape index (κ3) is 4.69. The van der Waals surface area contributed by atoms with E-state index in [1.54, 1.807) is 36.4 Å². The van der Waals surface area contributed by atoms with Crippen LogP contribution in [0.25, 0.3) is 22.8 Å². The SMILES string of the molecule is Oc1ccc(-c2nc(-c3ccc(Oc4ccc(OC(F)(F)F)cc4)cc3)no2)cc1. The molecular formula is C21H13F3N2O4. The summed E-state index contributed by atoms with van der Waals surface area (Å²) >= 11 is 0. The number of ether oxygens (including phenoxy) is 2. The first-order chi connectivity index (χ1) is 14.4. The summed E-state index contributed by atoms with van der Waals surface area (Å²) in [6, 6.07) is 18.2. The van der Waals surface area contributed by atoms with Crippen molar-refractivity contribution in [1.82, 2.24) is 10.1 Å². The Bertz CT molecular complexity index is 1120. The van der Waals surface area contributed by atoms with Gasteiger partial charge in [-0.1, -0.05) is 5.16 Å². The Hall–Kier alpha value is -4.01. The lowest BCUT2D eigenvalue weighted by Crippen LogP contribution is -2.16.